The summed E-state index contributed by atoms with van der Waals surface area (Å²) in [7, 11) is -4.07. The monoisotopic (exact) mass is 390 g/mol. The molecule has 0 saturated heterocycles. The summed E-state index contributed by atoms with van der Waals surface area (Å²) in [6.07, 6.45) is 0. The molecule has 0 saturated carbocycles. The Morgan fingerprint density at radius 2 is 1.69 bits per heavy atom. The SMILES string of the molecule is O=C(CN(c1ccccc1F)S(=O)(=O)c1cccs1)Nc1ccccc1. The third kappa shape index (κ3) is 3.92. The number of anilines is 2. The van der Waals surface area contributed by atoms with Crippen LogP contribution in [-0.4, -0.2) is 20.9 Å². The first-order valence-corrected chi connectivity index (χ1v) is 9.96. The maximum atomic E-state index is 14.3. The summed E-state index contributed by atoms with van der Waals surface area (Å²) >= 11 is 1.01. The lowest BCUT2D eigenvalue weighted by Crippen LogP contribution is -2.38. The Labute approximate surface area is 154 Å². The molecule has 1 N–H and O–H groups in total. The van der Waals surface area contributed by atoms with Crippen LogP contribution in [0.2, 0.25) is 0 Å². The van der Waals surface area contributed by atoms with Gasteiger partial charge in [0.05, 0.1) is 5.69 Å². The minimum absolute atomic E-state index is 0.0354. The predicted octanol–water partition coefficient (Wildman–Crippen LogP) is 3.72. The summed E-state index contributed by atoms with van der Waals surface area (Å²) in [5, 5.41) is 4.22. The maximum Gasteiger partial charge on any atom is 0.274 e. The molecule has 0 radical (unpaired) electrons. The number of thiophene rings is 1. The number of nitrogens with one attached hydrogen (secondary N) is 1. The average Bonchev–Trinajstić information content (AvgIpc) is 3.17. The molecule has 3 rings (SSSR count). The number of sulfonamides is 1. The van der Waals surface area contributed by atoms with Crippen LogP contribution in [0, 0.1) is 5.82 Å². The normalized spacial score (nSPS) is 11.1. The van der Waals surface area contributed by atoms with Crippen LogP contribution < -0.4 is 9.62 Å². The maximum absolute atomic E-state index is 14.3. The van der Waals surface area contributed by atoms with E-state index in [-0.39, 0.29) is 9.90 Å². The fraction of sp³-hybridized carbons (Fsp3) is 0.0556. The highest BCUT2D eigenvalue weighted by Crippen LogP contribution is 2.28. The molecule has 0 bridgehead atoms. The van der Waals surface area contributed by atoms with Crippen molar-refractivity contribution in [3.63, 3.8) is 0 Å². The predicted molar refractivity (Wildman–Crippen MR) is 100 cm³/mol. The summed E-state index contributed by atoms with van der Waals surface area (Å²) in [5.74, 6) is -1.29. The number of para-hydroxylation sites is 2. The van der Waals surface area contributed by atoms with E-state index in [2.05, 4.69) is 5.32 Å². The van der Waals surface area contributed by atoms with E-state index in [9.17, 15) is 17.6 Å². The van der Waals surface area contributed by atoms with E-state index in [1.807, 2.05) is 0 Å². The molecule has 1 aromatic heterocycles. The van der Waals surface area contributed by atoms with Crippen molar-refractivity contribution < 1.29 is 17.6 Å². The Morgan fingerprint density at radius 3 is 2.35 bits per heavy atom. The molecule has 134 valence electrons. The number of carbonyl (C=O) groups excluding carboxylic acids is 1. The minimum atomic E-state index is -4.07. The van der Waals surface area contributed by atoms with Gasteiger partial charge >= 0.3 is 0 Å². The molecule has 0 aliphatic rings. The molecule has 0 fully saturated rings. The number of benzene rings is 2. The molecule has 0 spiro atoms. The molecule has 1 heterocycles. The zero-order valence-corrected chi connectivity index (χ0v) is 15.1. The van der Waals surface area contributed by atoms with Crippen molar-refractivity contribution in [1.82, 2.24) is 0 Å². The van der Waals surface area contributed by atoms with Crippen LogP contribution in [0.15, 0.2) is 76.3 Å². The zero-order chi connectivity index (χ0) is 18.6. The first-order chi connectivity index (χ1) is 12.5. The van der Waals surface area contributed by atoms with E-state index in [0.29, 0.717) is 5.69 Å². The van der Waals surface area contributed by atoms with Crippen molar-refractivity contribution >= 4 is 38.6 Å². The molecule has 5 nitrogen and oxygen atoms in total. The van der Waals surface area contributed by atoms with Crippen LogP contribution in [0.4, 0.5) is 15.8 Å². The van der Waals surface area contributed by atoms with Gasteiger partial charge in [-0.3, -0.25) is 9.10 Å². The lowest BCUT2D eigenvalue weighted by atomic mass is 10.3. The van der Waals surface area contributed by atoms with Crippen molar-refractivity contribution in [2.75, 3.05) is 16.2 Å². The second-order valence-corrected chi connectivity index (χ2v) is 8.35. The van der Waals surface area contributed by atoms with Gasteiger partial charge in [-0.15, -0.1) is 11.3 Å². The van der Waals surface area contributed by atoms with Gasteiger partial charge < -0.3 is 5.32 Å². The standard InChI is InChI=1S/C18H15FN2O3S2/c19-15-9-4-5-10-16(15)21(26(23,24)18-11-6-12-25-18)13-17(22)20-14-7-2-1-3-8-14/h1-12H,13H2,(H,20,22). The quantitative estimate of drug-likeness (QED) is 0.698. The number of hydrogen-bond donors (Lipinski definition) is 1. The van der Waals surface area contributed by atoms with Gasteiger partial charge in [0.15, 0.2) is 0 Å². The smallest absolute Gasteiger partial charge is 0.274 e. The molecule has 1 amide bonds. The highest BCUT2D eigenvalue weighted by atomic mass is 32.2. The Morgan fingerprint density at radius 1 is 1.00 bits per heavy atom. The van der Waals surface area contributed by atoms with Crippen LogP contribution in [0.25, 0.3) is 0 Å². The first kappa shape index (κ1) is 18.1. The Kier molecular flexibility index (Phi) is 5.34. The zero-order valence-electron chi connectivity index (χ0n) is 13.5. The third-order valence-corrected chi connectivity index (χ3v) is 6.64. The number of halogens is 1. The summed E-state index contributed by atoms with van der Waals surface area (Å²) in [6.45, 7) is -0.546. The van der Waals surface area contributed by atoms with E-state index in [1.165, 1.54) is 24.3 Å². The number of rotatable bonds is 6. The fourth-order valence-corrected chi connectivity index (χ4v) is 4.86. The highest BCUT2D eigenvalue weighted by Gasteiger charge is 2.29. The Hall–Kier alpha value is -2.71. The van der Waals surface area contributed by atoms with Crippen molar-refractivity contribution in [3.8, 4) is 0 Å². The number of amides is 1. The lowest BCUT2D eigenvalue weighted by Gasteiger charge is -2.23. The highest BCUT2D eigenvalue weighted by molar-refractivity contribution is 7.94. The van der Waals surface area contributed by atoms with Gasteiger partial charge in [-0.05, 0) is 35.7 Å². The topological polar surface area (TPSA) is 66.5 Å². The molecule has 0 aliphatic heterocycles. The van der Waals surface area contributed by atoms with Crippen LogP contribution in [0.3, 0.4) is 0 Å². The average molecular weight is 390 g/mol. The molecule has 0 atom stereocenters. The Bertz CT molecular complexity index is 990. The summed E-state index contributed by atoms with van der Waals surface area (Å²) < 4.78 is 40.9. The second-order valence-electron chi connectivity index (χ2n) is 5.31. The van der Waals surface area contributed by atoms with Crippen LogP contribution in [-0.2, 0) is 14.8 Å². The minimum Gasteiger partial charge on any atom is -0.325 e. The Balaban J connectivity index is 1.94. The molecular formula is C18H15FN2O3S2. The van der Waals surface area contributed by atoms with E-state index in [1.54, 1.807) is 41.8 Å². The van der Waals surface area contributed by atoms with Crippen LogP contribution in [0.5, 0.6) is 0 Å². The van der Waals surface area contributed by atoms with Crippen LogP contribution in [0.1, 0.15) is 0 Å². The van der Waals surface area contributed by atoms with Gasteiger partial charge in [0, 0.05) is 5.69 Å². The molecule has 26 heavy (non-hydrogen) atoms. The van der Waals surface area contributed by atoms with Gasteiger partial charge in [-0.1, -0.05) is 36.4 Å². The number of hydrogen-bond acceptors (Lipinski definition) is 4. The molecule has 3 aromatic rings. The van der Waals surface area contributed by atoms with Crippen molar-refractivity contribution in [3.05, 3.63) is 77.9 Å². The molecule has 0 unspecified atom stereocenters. The fourth-order valence-electron chi connectivity index (χ4n) is 2.32. The molecule has 8 heteroatoms. The van der Waals surface area contributed by atoms with E-state index < -0.39 is 28.3 Å². The molecule has 2 aromatic carbocycles. The van der Waals surface area contributed by atoms with Crippen molar-refractivity contribution in [2.45, 2.75) is 4.21 Å². The first-order valence-electron chi connectivity index (χ1n) is 7.64. The van der Waals surface area contributed by atoms with Crippen LogP contribution >= 0.6 is 11.3 Å². The van der Waals surface area contributed by atoms with E-state index >= 15 is 0 Å². The van der Waals surface area contributed by atoms with E-state index in [4.69, 9.17) is 0 Å². The van der Waals surface area contributed by atoms with Crippen molar-refractivity contribution in [1.29, 1.82) is 0 Å². The summed E-state index contributed by atoms with van der Waals surface area (Å²) in [6, 6.07) is 17.1. The van der Waals surface area contributed by atoms with E-state index in [0.717, 1.165) is 21.7 Å². The van der Waals surface area contributed by atoms with Gasteiger partial charge in [0.1, 0.15) is 16.6 Å². The largest absolute Gasteiger partial charge is 0.325 e. The van der Waals surface area contributed by atoms with Gasteiger partial charge in [0.2, 0.25) is 5.91 Å². The van der Waals surface area contributed by atoms with Gasteiger partial charge in [-0.25, -0.2) is 12.8 Å². The molecule has 0 aliphatic carbocycles. The second kappa shape index (κ2) is 7.67. The number of carbonyl (C=O) groups is 1. The lowest BCUT2D eigenvalue weighted by molar-refractivity contribution is -0.114. The number of nitrogens with zero attached hydrogens (tertiary/aromatic N) is 1. The summed E-state index contributed by atoms with van der Waals surface area (Å²) in [4.78, 5) is 12.4. The summed E-state index contributed by atoms with van der Waals surface area (Å²) in [5.41, 5.74) is 0.351. The third-order valence-electron chi connectivity index (χ3n) is 3.51. The van der Waals surface area contributed by atoms with Crippen molar-refractivity contribution in [2.24, 2.45) is 0 Å². The molecular weight excluding hydrogens is 375 g/mol. The van der Waals surface area contributed by atoms with Gasteiger partial charge in [0.25, 0.3) is 10.0 Å². The van der Waals surface area contributed by atoms with Gasteiger partial charge in [-0.2, -0.15) is 0 Å².